The highest BCUT2D eigenvalue weighted by molar-refractivity contribution is 5.51. The quantitative estimate of drug-likeness (QED) is 0.243. The van der Waals surface area contributed by atoms with Crippen molar-refractivity contribution < 1.29 is 4.74 Å². The van der Waals surface area contributed by atoms with Gasteiger partial charge in [-0.15, -0.1) is 0 Å². The molecule has 0 aromatic rings. The highest BCUT2D eigenvalue weighted by Crippen LogP contribution is 1.69. The third-order valence-electron chi connectivity index (χ3n) is 0.811. The van der Waals surface area contributed by atoms with Crippen LogP contribution >= 0.6 is 0 Å². The van der Waals surface area contributed by atoms with Gasteiger partial charge in [-0.05, 0) is 6.92 Å². The van der Waals surface area contributed by atoms with Gasteiger partial charge in [-0.2, -0.15) is 0 Å². The monoisotopic (exact) mass is 116 g/mol. The lowest BCUT2D eigenvalue weighted by Gasteiger charge is -1.96. The molecule has 3 heteroatoms. The minimum atomic E-state index is 0.514. The Morgan fingerprint density at radius 1 is 1.75 bits per heavy atom. The van der Waals surface area contributed by atoms with Crippen LogP contribution in [0.4, 0.5) is 0 Å². The van der Waals surface area contributed by atoms with Crippen LogP contribution in [0, 0.1) is 5.21 Å². The van der Waals surface area contributed by atoms with Gasteiger partial charge in [-0.1, -0.05) is 0 Å². The van der Waals surface area contributed by atoms with Crippen LogP contribution in [0.3, 0.4) is 0 Å². The Morgan fingerprint density at radius 2 is 2.38 bits per heavy atom. The van der Waals surface area contributed by atoms with E-state index in [0.29, 0.717) is 19.5 Å². The van der Waals surface area contributed by atoms with E-state index in [-0.39, 0.29) is 0 Å². The molecule has 0 heterocycles. The van der Waals surface area contributed by atoms with Crippen LogP contribution in [0.25, 0.3) is 0 Å². The molecule has 0 aromatic heterocycles. The summed E-state index contributed by atoms with van der Waals surface area (Å²) in [5.74, 6) is 0. The molecule has 0 atom stereocenters. The minimum absolute atomic E-state index is 0.514. The largest absolute Gasteiger partial charge is 0.624 e. The van der Waals surface area contributed by atoms with E-state index in [1.165, 1.54) is 0 Å². The van der Waals surface area contributed by atoms with Crippen LogP contribution in [-0.4, -0.2) is 24.0 Å². The summed E-state index contributed by atoms with van der Waals surface area (Å²) >= 11 is 0. The molecule has 0 unspecified atom stereocenters. The molecule has 0 aliphatic heterocycles. The van der Waals surface area contributed by atoms with E-state index < -0.39 is 0 Å². The average Bonchev–Trinajstić information content (AvgIpc) is 1.83. The molecule has 3 nitrogen and oxygen atoms in total. The number of nitrogens with zero attached hydrogens (tertiary/aromatic N) is 1. The zero-order valence-electron chi connectivity index (χ0n) is 5.13. The van der Waals surface area contributed by atoms with Gasteiger partial charge in [0.2, 0.25) is 0 Å². The third kappa shape index (κ3) is 3.61. The van der Waals surface area contributed by atoms with Crippen LogP contribution in [-0.2, 0) is 0 Å². The Balaban J connectivity index is 3.26. The highest BCUT2D eigenvalue weighted by Gasteiger charge is 1.82. The molecule has 0 aliphatic carbocycles. The topological polar surface area (TPSA) is 52.1 Å². The van der Waals surface area contributed by atoms with Gasteiger partial charge in [-0.3, -0.25) is 0 Å². The molecule has 0 saturated carbocycles. The molecule has 2 N–H and O–H groups in total. The lowest BCUT2D eigenvalue weighted by Crippen LogP contribution is -2.07. The molecule has 0 spiro atoms. The van der Waals surface area contributed by atoms with Crippen molar-refractivity contribution in [1.29, 1.82) is 0 Å². The molecular formula is C5H12N2O. The van der Waals surface area contributed by atoms with E-state index in [1.807, 2.05) is 0 Å². The molecule has 0 saturated heterocycles. The second-order valence-corrected chi connectivity index (χ2v) is 1.49. The molecule has 0 fully saturated rings. The zero-order chi connectivity index (χ0) is 6.41. The van der Waals surface area contributed by atoms with Gasteiger partial charge in [0.15, 0.2) is 6.21 Å². The van der Waals surface area contributed by atoms with Crippen LogP contribution in [0.15, 0.2) is 0 Å². The molecule has 48 valence electrons. The summed E-state index contributed by atoms with van der Waals surface area (Å²) in [6.07, 6.45) is 2.23. The molecule has 0 radical (unpaired) electrons. The van der Waals surface area contributed by atoms with Crippen molar-refractivity contribution in [2.45, 2.75) is 13.3 Å². The molecule has 0 rings (SSSR count). The summed E-state index contributed by atoms with van der Waals surface area (Å²) in [4.78, 5) is 0. The lowest BCUT2D eigenvalue weighted by molar-refractivity contribution is -0.449. The maximum absolute atomic E-state index is 10.4. The van der Waals surface area contributed by atoms with E-state index in [1.54, 1.807) is 13.1 Å². The molecule has 0 aliphatic rings. The predicted molar refractivity (Wildman–Crippen MR) is 33.9 cm³/mol. The summed E-state index contributed by atoms with van der Waals surface area (Å²) in [5, 5.41) is 10.4. The summed E-state index contributed by atoms with van der Waals surface area (Å²) in [7, 11) is 0. The predicted octanol–water partition coefficient (Wildman–Crippen LogP) is -0.0638. The maximum Gasteiger partial charge on any atom is 0.152 e. The van der Waals surface area contributed by atoms with E-state index >= 15 is 0 Å². The third-order valence-corrected chi connectivity index (χ3v) is 0.811. The van der Waals surface area contributed by atoms with Gasteiger partial charge in [0.05, 0.1) is 0 Å². The van der Waals surface area contributed by atoms with Crippen LogP contribution in [0.1, 0.15) is 13.3 Å². The zero-order valence-corrected chi connectivity index (χ0v) is 5.13. The second kappa shape index (κ2) is 4.59. The Morgan fingerprint density at radius 3 is 2.75 bits per heavy atom. The van der Waals surface area contributed by atoms with Crippen molar-refractivity contribution in [3.63, 3.8) is 0 Å². The smallest absolute Gasteiger partial charge is 0.152 e. The number of nitrogens with two attached hydrogens (primary N) is 1. The fraction of sp³-hybridized carbons (Fsp3) is 0.800. The normalized spacial score (nSPS) is 12.0. The number of hydroxylamine groups is 1. The lowest BCUT2D eigenvalue weighted by atomic mass is 10.5. The van der Waals surface area contributed by atoms with Gasteiger partial charge in [0, 0.05) is 13.0 Å². The van der Waals surface area contributed by atoms with E-state index in [0.717, 1.165) is 4.74 Å². The van der Waals surface area contributed by atoms with Crippen LogP contribution in [0.5, 0.6) is 0 Å². The van der Waals surface area contributed by atoms with E-state index in [9.17, 15) is 5.21 Å². The van der Waals surface area contributed by atoms with Gasteiger partial charge in [0.1, 0.15) is 6.54 Å². The fourth-order valence-corrected chi connectivity index (χ4v) is 0.348. The number of hydrogen-bond donors (Lipinski definition) is 1. The molecule has 0 amide bonds. The van der Waals surface area contributed by atoms with Crippen molar-refractivity contribution in [2.24, 2.45) is 5.73 Å². The molecular weight excluding hydrogens is 104 g/mol. The Hall–Kier alpha value is -0.570. The van der Waals surface area contributed by atoms with Crippen LogP contribution in [0.2, 0.25) is 0 Å². The Bertz CT molecular complexity index is 80.5. The van der Waals surface area contributed by atoms with Gasteiger partial charge in [0.25, 0.3) is 0 Å². The average molecular weight is 116 g/mol. The summed E-state index contributed by atoms with van der Waals surface area (Å²) in [6, 6.07) is 0. The highest BCUT2D eigenvalue weighted by atomic mass is 16.5. The van der Waals surface area contributed by atoms with Gasteiger partial charge >= 0.3 is 0 Å². The number of rotatable bonds is 3. The number of hydrogen-bond acceptors (Lipinski definition) is 2. The maximum atomic E-state index is 10.4. The first-order valence-electron chi connectivity index (χ1n) is 2.78. The van der Waals surface area contributed by atoms with Crippen LogP contribution < -0.4 is 5.73 Å². The van der Waals surface area contributed by atoms with Crippen molar-refractivity contribution in [2.75, 3.05) is 13.1 Å². The van der Waals surface area contributed by atoms with E-state index in [4.69, 9.17) is 5.73 Å². The Kier molecular flexibility index (Phi) is 4.26. The standard InChI is InChI=1S/C5H12N2O/c1-2-7(8)5-3-4-6/h5H,2-4,6H2,1H3/b7-5-. The summed E-state index contributed by atoms with van der Waals surface area (Å²) in [5.41, 5.74) is 5.13. The molecule has 8 heavy (non-hydrogen) atoms. The van der Waals surface area contributed by atoms with Gasteiger partial charge in [-0.25, -0.2) is 4.74 Å². The van der Waals surface area contributed by atoms with Gasteiger partial charge < -0.3 is 10.9 Å². The minimum Gasteiger partial charge on any atom is -0.624 e. The molecule has 0 bridgehead atoms. The first kappa shape index (κ1) is 7.43. The van der Waals surface area contributed by atoms with Crippen molar-refractivity contribution in [3.8, 4) is 0 Å². The first-order valence-corrected chi connectivity index (χ1v) is 2.78. The second-order valence-electron chi connectivity index (χ2n) is 1.49. The SMILES string of the molecule is CC/[N+]([O-])=C/CCN. The fourth-order valence-electron chi connectivity index (χ4n) is 0.348. The van der Waals surface area contributed by atoms with E-state index in [2.05, 4.69) is 0 Å². The Labute approximate surface area is 49.4 Å². The summed E-state index contributed by atoms with van der Waals surface area (Å²) in [6.45, 7) is 2.87. The summed E-state index contributed by atoms with van der Waals surface area (Å²) < 4.78 is 0.882. The first-order chi connectivity index (χ1) is 3.81. The van der Waals surface area contributed by atoms with Crippen molar-refractivity contribution in [1.82, 2.24) is 0 Å². The van der Waals surface area contributed by atoms with Crippen molar-refractivity contribution >= 4 is 6.21 Å². The van der Waals surface area contributed by atoms with Crippen molar-refractivity contribution in [3.05, 3.63) is 5.21 Å². The molecule has 0 aromatic carbocycles.